The quantitative estimate of drug-likeness (QED) is 0.523. The first-order valence-corrected chi connectivity index (χ1v) is 1.22. The Labute approximate surface area is 87.4 Å². The van der Waals surface area contributed by atoms with Gasteiger partial charge in [-0.05, 0) is 0 Å². The van der Waals surface area contributed by atoms with E-state index in [-0.39, 0.29) is 58.1 Å². The second kappa shape index (κ2) is 357. The van der Waals surface area contributed by atoms with Crippen molar-refractivity contribution in [2.45, 2.75) is 0 Å². The van der Waals surface area contributed by atoms with Crippen molar-refractivity contribution < 1.29 is 46.1 Å². The zero-order chi connectivity index (χ0) is 8.12. The summed E-state index contributed by atoms with van der Waals surface area (Å²) in [5.74, 6) is 0. The molecule has 0 saturated carbocycles. The minimum atomic E-state index is 0. The summed E-state index contributed by atoms with van der Waals surface area (Å²) in [6.07, 6.45) is 0.750. The van der Waals surface area contributed by atoms with Gasteiger partial charge in [0.1, 0.15) is 0 Å². The second-order valence-corrected chi connectivity index (χ2v) is 0.250. The molecule has 0 rings (SSSR count). The number of hydrogen-bond donors (Lipinski definition) is 0. The standard InChI is InChI=1S/3CO2.3CH3.Cr/c3*2-1-3;;;;/h;;;3*1H3;/q;;;3*-1;+3. The van der Waals surface area contributed by atoms with Crippen molar-refractivity contribution in [1.29, 1.82) is 0 Å². The Hall–Kier alpha value is -1.33. The predicted molar refractivity (Wildman–Crippen MR) is 34.3 cm³/mol. The van der Waals surface area contributed by atoms with E-state index in [4.69, 9.17) is 28.8 Å². The van der Waals surface area contributed by atoms with E-state index in [1.54, 1.807) is 0 Å². The van der Waals surface area contributed by atoms with E-state index in [2.05, 4.69) is 0 Å². The zero-order valence-corrected chi connectivity index (χ0v) is 8.63. The van der Waals surface area contributed by atoms with E-state index in [1.165, 1.54) is 0 Å². The summed E-state index contributed by atoms with van der Waals surface area (Å²) in [6.45, 7) is 0. The molecule has 0 fully saturated rings. The van der Waals surface area contributed by atoms with Crippen molar-refractivity contribution in [2.24, 2.45) is 0 Å². The number of carbonyl (C=O) groups excluding carboxylic acids is 6. The summed E-state index contributed by atoms with van der Waals surface area (Å²) >= 11 is 0. The second-order valence-electron chi connectivity index (χ2n) is 0.250. The molecule has 0 spiro atoms. The minimum absolute atomic E-state index is 0. The van der Waals surface area contributed by atoms with Gasteiger partial charge in [0, 0.05) is 0 Å². The molecule has 0 amide bonds. The van der Waals surface area contributed by atoms with Gasteiger partial charge in [0.05, 0.1) is 0 Å². The van der Waals surface area contributed by atoms with Gasteiger partial charge in [-0.15, -0.1) is 0 Å². The topological polar surface area (TPSA) is 102 Å². The normalized spacial score (nSPS) is 1.85. The molecule has 0 atom stereocenters. The number of hydrogen-bond acceptors (Lipinski definition) is 6. The predicted octanol–water partition coefficient (Wildman–Crippen LogP) is -0.402. The molecule has 0 bridgehead atoms. The van der Waals surface area contributed by atoms with Crippen LogP contribution in [-0.4, -0.2) is 18.5 Å². The van der Waals surface area contributed by atoms with Crippen LogP contribution in [0.2, 0.25) is 0 Å². The summed E-state index contributed by atoms with van der Waals surface area (Å²) in [7, 11) is 0. The summed E-state index contributed by atoms with van der Waals surface area (Å²) < 4.78 is 0. The third-order valence-electron chi connectivity index (χ3n) is 0. The molecule has 13 heavy (non-hydrogen) atoms. The Morgan fingerprint density at radius 1 is 0.462 bits per heavy atom. The molecule has 6 nitrogen and oxygen atoms in total. The van der Waals surface area contributed by atoms with Gasteiger partial charge in [-0.1, -0.05) is 0 Å². The van der Waals surface area contributed by atoms with Crippen molar-refractivity contribution in [3.63, 3.8) is 0 Å². The molecular formula is C6H9CrO6. The van der Waals surface area contributed by atoms with E-state index in [9.17, 15) is 0 Å². The molecule has 0 aliphatic rings. The van der Waals surface area contributed by atoms with Crippen LogP contribution in [0.15, 0.2) is 0 Å². The average Bonchev–Trinajstić information content (AvgIpc) is 1.70. The summed E-state index contributed by atoms with van der Waals surface area (Å²) in [5.41, 5.74) is 0. The number of rotatable bonds is 0. The van der Waals surface area contributed by atoms with Crippen LogP contribution in [0.5, 0.6) is 0 Å². The maximum atomic E-state index is 8.12. The van der Waals surface area contributed by atoms with Gasteiger partial charge < -0.3 is 22.3 Å². The van der Waals surface area contributed by atoms with Gasteiger partial charge in [0.2, 0.25) is 0 Å². The molecule has 0 aromatic rings. The smallest absolute Gasteiger partial charge is 0.358 e. The molecular weight excluding hydrogens is 220 g/mol. The van der Waals surface area contributed by atoms with Crippen LogP contribution in [0, 0.1) is 22.3 Å². The largest absolute Gasteiger partial charge is 3.00 e. The van der Waals surface area contributed by atoms with Crippen molar-refractivity contribution >= 4 is 18.5 Å². The van der Waals surface area contributed by atoms with E-state index < -0.39 is 0 Å². The molecule has 0 aromatic heterocycles. The maximum Gasteiger partial charge on any atom is 3.00 e. The third kappa shape index (κ3) is 455. The monoisotopic (exact) mass is 229 g/mol. The third-order valence-corrected chi connectivity index (χ3v) is 0. The van der Waals surface area contributed by atoms with Crippen LogP contribution in [0.1, 0.15) is 0 Å². The first kappa shape index (κ1) is 60.9. The Bertz CT molecular complexity index is 109. The minimum Gasteiger partial charge on any atom is -0.358 e. The molecule has 75 valence electrons. The molecule has 0 unspecified atom stereocenters. The molecule has 0 aromatic carbocycles. The van der Waals surface area contributed by atoms with Gasteiger partial charge in [-0.25, -0.2) is 0 Å². The van der Waals surface area contributed by atoms with E-state index >= 15 is 0 Å². The Kier molecular flexibility index (Phi) is 1670. The molecule has 0 aliphatic carbocycles. The Balaban J connectivity index is -0.00000000720. The summed E-state index contributed by atoms with van der Waals surface area (Å²) in [4.78, 5) is 48.8. The van der Waals surface area contributed by atoms with Crippen LogP contribution in [-0.2, 0) is 46.1 Å². The van der Waals surface area contributed by atoms with Crippen molar-refractivity contribution in [3.8, 4) is 0 Å². The Morgan fingerprint density at radius 2 is 0.462 bits per heavy atom. The molecule has 7 heteroatoms. The van der Waals surface area contributed by atoms with E-state index in [0.717, 1.165) is 0 Å². The van der Waals surface area contributed by atoms with Gasteiger partial charge in [-0.2, -0.15) is 28.8 Å². The fourth-order valence-electron chi connectivity index (χ4n) is 0. The van der Waals surface area contributed by atoms with Crippen molar-refractivity contribution in [3.05, 3.63) is 22.3 Å². The zero-order valence-electron chi connectivity index (χ0n) is 7.36. The first-order chi connectivity index (χ1) is 4.24. The van der Waals surface area contributed by atoms with Crippen molar-refractivity contribution in [2.75, 3.05) is 0 Å². The fourth-order valence-corrected chi connectivity index (χ4v) is 0. The van der Waals surface area contributed by atoms with Crippen LogP contribution >= 0.6 is 0 Å². The maximum absolute atomic E-state index is 8.12. The Morgan fingerprint density at radius 3 is 0.462 bits per heavy atom. The van der Waals surface area contributed by atoms with Gasteiger partial charge in [0.25, 0.3) is 0 Å². The van der Waals surface area contributed by atoms with Crippen LogP contribution in [0.4, 0.5) is 0 Å². The molecule has 0 N–H and O–H groups in total. The summed E-state index contributed by atoms with van der Waals surface area (Å²) in [6, 6.07) is 0. The molecule has 1 radical (unpaired) electrons. The van der Waals surface area contributed by atoms with Gasteiger partial charge in [-0.3, -0.25) is 0 Å². The molecule has 0 aliphatic heterocycles. The van der Waals surface area contributed by atoms with Crippen LogP contribution in [0.25, 0.3) is 0 Å². The van der Waals surface area contributed by atoms with Gasteiger partial charge >= 0.3 is 35.8 Å². The molecule has 0 saturated heterocycles. The van der Waals surface area contributed by atoms with Gasteiger partial charge in [0.15, 0.2) is 0 Å². The van der Waals surface area contributed by atoms with Crippen LogP contribution in [0.3, 0.4) is 0 Å². The van der Waals surface area contributed by atoms with E-state index in [0.29, 0.717) is 0 Å². The average molecular weight is 229 g/mol. The first-order valence-electron chi connectivity index (χ1n) is 1.22. The van der Waals surface area contributed by atoms with E-state index in [1.807, 2.05) is 0 Å². The molecule has 0 heterocycles. The fraction of sp³-hybridized carbons (Fsp3) is 0. The SMILES string of the molecule is O=C=O.O=C=O.O=C=O.[CH3-].[CH3-].[CH3-].[Cr+3]. The summed E-state index contributed by atoms with van der Waals surface area (Å²) in [5, 5.41) is 0. The van der Waals surface area contributed by atoms with Crippen LogP contribution < -0.4 is 0 Å². The van der Waals surface area contributed by atoms with Crippen molar-refractivity contribution in [1.82, 2.24) is 0 Å².